The predicted octanol–water partition coefficient (Wildman–Crippen LogP) is 4.68. The summed E-state index contributed by atoms with van der Waals surface area (Å²) in [5, 5.41) is 3.33. The number of aryl methyl sites for hydroxylation is 2. The molecule has 1 aromatic heterocycles. The molecule has 0 spiro atoms. The monoisotopic (exact) mass is 279 g/mol. The summed E-state index contributed by atoms with van der Waals surface area (Å²) in [5.74, 6) is 1.77. The van der Waals surface area contributed by atoms with Crippen LogP contribution in [0.4, 0.5) is 8.78 Å². The van der Waals surface area contributed by atoms with Crippen molar-refractivity contribution in [2.45, 2.75) is 39.8 Å². The van der Waals surface area contributed by atoms with Gasteiger partial charge in [-0.25, -0.2) is 8.78 Å². The van der Waals surface area contributed by atoms with Crippen LogP contribution in [0.25, 0.3) is 0 Å². The number of halogens is 2. The highest BCUT2D eigenvalue weighted by atomic mass is 19.3. The third kappa shape index (κ3) is 3.45. The minimum Gasteiger partial charge on any atom is -0.466 e. The molecule has 2 nitrogen and oxygen atoms in total. The summed E-state index contributed by atoms with van der Waals surface area (Å²) in [6, 6.07) is 8.61. The lowest BCUT2D eigenvalue weighted by atomic mass is 10.1. The summed E-state index contributed by atoms with van der Waals surface area (Å²) in [4.78, 5) is 0. The molecule has 0 aliphatic heterocycles. The van der Waals surface area contributed by atoms with E-state index < -0.39 is 6.43 Å². The van der Waals surface area contributed by atoms with Crippen molar-refractivity contribution < 1.29 is 13.2 Å². The van der Waals surface area contributed by atoms with Gasteiger partial charge in [-0.2, -0.15) is 0 Å². The molecule has 1 N–H and O–H groups in total. The first kappa shape index (κ1) is 14.7. The summed E-state index contributed by atoms with van der Waals surface area (Å²) < 4.78 is 30.8. The van der Waals surface area contributed by atoms with Gasteiger partial charge in [0.25, 0.3) is 6.43 Å². The van der Waals surface area contributed by atoms with Crippen molar-refractivity contribution in [2.75, 3.05) is 0 Å². The van der Waals surface area contributed by atoms with Gasteiger partial charge in [0.05, 0.1) is 0 Å². The smallest absolute Gasteiger partial charge is 0.263 e. The second kappa shape index (κ2) is 6.18. The molecule has 20 heavy (non-hydrogen) atoms. The third-order valence-electron chi connectivity index (χ3n) is 3.36. The quantitative estimate of drug-likeness (QED) is 0.859. The summed E-state index contributed by atoms with van der Waals surface area (Å²) in [6.07, 6.45) is -2.42. The molecule has 0 fully saturated rings. The molecule has 1 atom stereocenters. The van der Waals surface area contributed by atoms with Crippen molar-refractivity contribution in [3.05, 3.63) is 58.5 Å². The van der Waals surface area contributed by atoms with Crippen molar-refractivity contribution in [2.24, 2.45) is 0 Å². The van der Waals surface area contributed by atoms with Crippen molar-refractivity contribution in [1.29, 1.82) is 0 Å². The van der Waals surface area contributed by atoms with Crippen LogP contribution in [0, 0.1) is 13.8 Å². The fraction of sp³-hybridized carbons (Fsp3) is 0.375. The molecule has 4 heteroatoms. The molecule has 0 radical (unpaired) electrons. The van der Waals surface area contributed by atoms with Crippen LogP contribution in [-0.2, 0) is 6.54 Å². The van der Waals surface area contributed by atoms with Gasteiger partial charge in [-0.3, -0.25) is 0 Å². The number of nitrogens with one attached hydrogen (secondary N) is 1. The predicted molar refractivity (Wildman–Crippen MR) is 74.8 cm³/mol. The summed E-state index contributed by atoms with van der Waals surface area (Å²) in [5.41, 5.74) is 2.02. The van der Waals surface area contributed by atoms with Crippen molar-refractivity contribution in [3.8, 4) is 0 Å². The fourth-order valence-corrected chi connectivity index (χ4v) is 2.30. The van der Waals surface area contributed by atoms with E-state index in [1.807, 2.05) is 32.9 Å². The molecule has 1 unspecified atom stereocenters. The van der Waals surface area contributed by atoms with Crippen molar-refractivity contribution in [3.63, 3.8) is 0 Å². The maximum absolute atomic E-state index is 12.6. The van der Waals surface area contributed by atoms with E-state index in [-0.39, 0.29) is 11.6 Å². The molecule has 0 saturated carbocycles. The van der Waals surface area contributed by atoms with Gasteiger partial charge >= 0.3 is 0 Å². The molecule has 0 amide bonds. The van der Waals surface area contributed by atoms with E-state index in [2.05, 4.69) is 5.32 Å². The van der Waals surface area contributed by atoms with Crippen LogP contribution in [0.5, 0.6) is 0 Å². The Hall–Kier alpha value is -1.68. The average molecular weight is 279 g/mol. The minimum absolute atomic E-state index is 0.0623. The SMILES string of the molecule is Cc1cc(C(C)NCc2cccc(C(F)F)c2)c(C)o1. The zero-order valence-corrected chi connectivity index (χ0v) is 11.9. The molecular weight excluding hydrogens is 260 g/mol. The highest BCUT2D eigenvalue weighted by Crippen LogP contribution is 2.22. The molecule has 108 valence electrons. The van der Waals surface area contributed by atoms with Crippen LogP contribution in [0.15, 0.2) is 34.7 Å². The maximum atomic E-state index is 12.6. The van der Waals surface area contributed by atoms with Gasteiger partial charge in [0.1, 0.15) is 11.5 Å². The van der Waals surface area contributed by atoms with Crippen LogP contribution in [-0.4, -0.2) is 0 Å². The normalized spacial score (nSPS) is 12.9. The lowest BCUT2D eigenvalue weighted by molar-refractivity contribution is 0.151. The molecule has 0 saturated heterocycles. The Morgan fingerprint density at radius 2 is 1.95 bits per heavy atom. The molecule has 2 aromatic rings. The lowest BCUT2D eigenvalue weighted by Crippen LogP contribution is -2.18. The number of rotatable bonds is 5. The van der Waals surface area contributed by atoms with Gasteiger partial charge < -0.3 is 9.73 Å². The van der Waals surface area contributed by atoms with E-state index >= 15 is 0 Å². The molecule has 0 aliphatic carbocycles. The topological polar surface area (TPSA) is 25.2 Å². The Labute approximate surface area is 117 Å². The van der Waals surface area contributed by atoms with Crippen LogP contribution in [0.1, 0.15) is 47.6 Å². The Morgan fingerprint density at radius 1 is 1.20 bits per heavy atom. The Bertz CT molecular complexity index is 578. The molecule has 0 bridgehead atoms. The van der Waals surface area contributed by atoms with Gasteiger partial charge in [0.15, 0.2) is 0 Å². The van der Waals surface area contributed by atoms with Gasteiger partial charge in [0, 0.05) is 23.7 Å². The second-order valence-corrected chi connectivity index (χ2v) is 5.02. The number of alkyl halides is 2. The van der Waals surface area contributed by atoms with E-state index in [0.29, 0.717) is 6.54 Å². The van der Waals surface area contributed by atoms with Gasteiger partial charge in [-0.15, -0.1) is 0 Å². The first-order chi connectivity index (χ1) is 9.47. The van der Waals surface area contributed by atoms with Crippen LogP contribution >= 0.6 is 0 Å². The zero-order valence-electron chi connectivity index (χ0n) is 11.9. The molecule has 1 heterocycles. The van der Waals surface area contributed by atoms with E-state index in [0.717, 1.165) is 22.6 Å². The largest absolute Gasteiger partial charge is 0.466 e. The van der Waals surface area contributed by atoms with E-state index in [9.17, 15) is 8.78 Å². The number of benzene rings is 1. The zero-order chi connectivity index (χ0) is 14.7. The van der Waals surface area contributed by atoms with E-state index in [1.54, 1.807) is 6.07 Å². The Kier molecular flexibility index (Phi) is 4.55. The highest BCUT2D eigenvalue weighted by Gasteiger charge is 2.12. The highest BCUT2D eigenvalue weighted by molar-refractivity contribution is 5.26. The standard InChI is InChI=1S/C16H19F2NO/c1-10-7-15(12(3)20-10)11(2)19-9-13-5-4-6-14(8-13)16(17)18/h4-8,11,16,19H,9H2,1-3H3. The Balaban J connectivity index is 2.01. The molecule has 1 aromatic carbocycles. The molecule has 2 rings (SSSR count). The molecule has 0 aliphatic rings. The number of hydrogen-bond donors (Lipinski definition) is 1. The summed E-state index contributed by atoms with van der Waals surface area (Å²) >= 11 is 0. The minimum atomic E-state index is -2.42. The van der Waals surface area contributed by atoms with Crippen molar-refractivity contribution >= 4 is 0 Å². The summed E-state index contributed by atoms with van der Waals surface area (Å²) in [7, 11) is 0. The van der Waals surface area contributed by atoms with Crippen LogP contribution < -0.4 is 5.32 Å². The van der Waals surface area contributed by atoms with E-state index in [1.165, 1.54) is 12.1 Å². The van der Waals surface area contributed by atoms with Crippen molar-refractivity contribution in [1.82, 2.24) is 5.32 Å². The number of furan rings is 1. The number of hydrogen-bond acceptors (Lipinski definition) is 2. The second-order valence-electron chi connectivity index (χ2n) is 5.02. The lowest BCUT2D eigenvalue weighted by Gasteiger charge is -2.13. The maximum Gasteiger partial charge on any atom is 0.263 e. The fourth-order valence-electron chi connectivity index (χ4n) is 2.30. The Morgan fingerprint density at radius 3 is 2.55 bits per heavy atom. The first-order valence-corrected chi connectivity index (χ1v) is 6.64. The average Bonchev–Trinajstić information content (AvgIpc) is 2.75. The third-order valence-corrected chi connectivity index (χ3v) is 3.36. The van der Waals surface area contributed by atoms with Gasteiger partial charge in [0.2, 0.25) is 0 Å². The van der Waals surface area contributed by atoms with Crippen LogP contribution in [0.3, 0.4) is 0 Å². The van der Waals surface area contributed by atoms with Crippen LogP contribution in [0.2, 0.25) is 0 Å². The van der Waals surface area contributed by atoms with Gasteiger partial charge in [-0.1, -0.05) is 18.2 Å². The van der Waals surface area contributed by atoms with E-state index in [4.69, 9.17) is 4.42 Å². The van der Waals surface area contributed by atoms with Gasteiger partial charge in [-0.05, 0) is 38.5 Å². The molecular formula is C16H19F2NO. The summed E-state index contributed by atoms with van der Waals surface area (Å²) in [6.45, 7) is 6.42. The first-order valence-electron chi connectivity index (χ1n) is 6.64.